The van der Waals surface area contributed by atoms with Crippen LogP contribution in [0.15, 0.2) is 18.2 Å². The third-order valence-corrected chi connectivity index (χ3v) is 4.25. The molecular weight excluding hydrogens is 252 g/mol. The molecular formula is C16H24N2O2. The van der Waals surface area contributed by atoms with Gasteiger partial charge in [-0.05, 0) is 38.9 Å². The molecule has 3 rings (SSSR count). The van der Waals surface area contributed by atoms with Crippen molar-refractivity contribution in [2.45, 2.75) is 38.8 Å². The molecule has 0 spiro atoms. The van der Waals surface area contributed by atoms with Gasteiger partial charge in [-0.1, -0.05) is 18.6 Å². The molecule has 0 radical (unpaired) electrons. The zero-order valence-corrected chi connectivity index (χ0v) is 12.2. The fourth-order valence-corrected chi connectivity index (χ4v) is 3.03. The first-order chi connectivity index (χ1) is 9.84. The van der Waals surface area contributed by atoms with Crippen LogP contribution in [0, 0.1) is 0 Å². The molecule has 4 nitrogen and oxygen atoms in total. The van der Waals surface area contributed by atoms with Crippen LogP contribution in [0.4, 0.5) is 0 Å². The van der Waals surface area contributed by atoms with E-state index in [4.69, 9.17) is 9.47 Å². The van der Waals surface area contributed by atoms with E-state index < -0.39 is 0 Å². The standard InChI is InChI=1S/C16H24N2O2/c1-13(18-8-3-2-4-9-18)10-17-11-14-6-5-7-15-16(14)20-12-19-15/h5-7,13,17H,2-4,8-12H2,1H3. The minimum absolute atomic E-state index is 0.344. The third kappa shape index (κ3) is 3.07. The van der Waals surface area contributed by atoms with Gasteiger partial charge >= 0.3 is 0 Å². The largest absolute Gasteiger partial charge is 0.454 e. The number of likely N-dealkylation sites (tertiary alicyclic amines) is 1. The van der Waals surface area contributed by atoms with Gasteiger partial charge in [-0.2, -0.15) is 0 Å². The van der Waals surface area contributed by atoms with Crippen molar-refractivity contribution in [1.82, 2.24) is 10.2 Å². The van der Waals surface area contributed by atoms with Crippen molar-refractivity contribution >= 4 is 0 Å². The molecule has 1 atom stereocenters. The molecule has 20 heavy (non-hydrogen) atoms. The van der Waals surface area contributed by atoms with Crippen LogP contribution in [0.3, 0.4) is 0 Å². The first-order valence-electron chi connectivity index (χ1n) is 7.67. The Kier molecular flexibility index (Phi) is 4.43. The quantitative estimate of drug-likeness (QED) is 0.895. The lowest BCUT2D eigenvalue weighted by atomic mass is 10.1. The predicted octanol–water partition coefficient (Wildman–Crippen LogP) is 2.38. The zero-order valence-electron chi connectivity index (χ0n) is 12.2. The van der Waals surface area contributed by atoms with Gasteiger partial charge in [-0.25, -0.2) is 0 Å². The van der Waals surface area contributed by atoms with Crippen molar-refractivity contribution < 1.29 is 9.47 Å². The smallest absolute Gasteiger partial charge is 0.231 e. The Labute approximate surface area is 121 Å². The minimum Gasteiger partial charge on any atom is -0.454 e. The number of hydrogen-bond donors (Lipinski definition) is 1. The molecule has 2 aliphatic rings. The molecule has 4 heteroatoms. The molecule has 1 aromatic rings. The maximum Gasteiger partial charge on any atom is 0.231 e. The van der Waals surface area contributed by atoms with Gasteiger partial charge < -0.3 is 14.8 Å². The molecule has 0 amide bonds. The van der Waals surface area contributed by atoms with Crippen molar-refractivity contribution in [1.29, 1.82) is 0 Å². The first-order valence-corrected chi connectivity index (χ1v) is 7.67. The highest BCUT2D eigenvalue weighted by molar-refractivity contribution is 5.48. The Bertz CT molecular complexity index is 444. The molecule has 110 valence electrons. The Morgan fingerprint density at radius 2 is 2.05 bits per heavy atom. The summed E-state index contributed by atoms with van der Waals surface area (Å²) in [5, 5.41) is 3.55. The van der Waals surface area contributed by atoms with E-state index in [1.807, 2.05) is 12.1 Å². The van der Waals surface area contributed by atoms with E-state index in [2.05, 4.69) is 23.2 Å². The van der Waals surface area contributed by atoms with Gasteiger partial charge in [0.15, 0.2) is 11.5 Å². The Hall–Kier alpha value is -1.26. The van der Waals surface area contributed by atoms with E-state index in [9.17, 15) is 0 Å². The highest BCUT2D eigenvalue weighted by Gasteiger charge is 2.18. The van der Waals surface area contributed by atoms with E-state index in [-0.39, 0.29) is 0 Å². The Balaban J connectivity index is 1.49. The van der Waals surface area contributed by atoms with Gasteiger partial charge in [0.25, 0.3) is 0 Å². The van der Waals surface area contributed by atoms with Crippen LogP contribution in [0.5, 0.6) is 11.5 Å². The molecule has 2 aliphatic heterocycles. The summed E-state index contributed by atoms with van der Waals surface area (Å²) in [5.74, 6) is 1.78. The third-order valence-electron chi connectivity index (χ3n) is 4.25. The maximum atomic E-state index is 5.53. The van der Waals surface area contributed by atoms with E-state index in [1.54, 1.807) is 0 Å². The Morgan fingerprint density at radius 1 is 1.20 bits per heavy atom. The van der Waals surface area contributed by atoms with Gasteiger partial charge in [0, 0.05) is 24.7 Å². The summed E-state index contributed by atoms with van der Waals surface area (Å²) in [6.45, 7) is 7.01. The second-order valence-electron chi connectivity index (χ2n) is 5.73. The van der Waals surface area contributed by atoms with Crippen LogP contribution in [0.1, 0.15) is 31.7 Å². The van der Waals surface area contributed by atoms with Crippen molar-refractivity contribution in [3.8, 4) is 11.5 Å². The minimum atomic E-state index is 0.344. The SMILES string of the molecule is CC(CNCc1cccc2c1OCO2)N1CCCCC1. The van der Waals surface area contributed by atoms with E-state index in [0.717, 1.165) is 24.6 Å². The fourth-order valence-electron chi connectivity index (χ4n) is 3.03. The number of piperidine rings is 1. The van der Waals surface area contributed by atoms with Crippen LogP contribution in [-0.4, -0.2) is 37.4 Å². The first kappa shape index (κ1) is 13.7. The topological polar surface area (TPSA) is 33.7 Å². The number of ether oxygens (including phenoxy) is 2. The molecule has 1 N–H and O–H groups in total. The van der Waals surface area contributed by atoms with E-state index in [1.165, 1.54) is 37.9 Å². The van der Waals surface area contributed by atoms with E-state index >= 15 is 0 Å². The summed E-state index contributed by atoms with van der Waals surface area (Å²) in [6, 6.07) is 6.69. The second-order valence-corrected chi connectivity index (χ2v) is 5.73. The van der Waals surface area contributed by atoms with Gasteiger partial charge in [-0.15, -0.1) is 0 Å². The van der Waals surface area contributed by atoms with Gasteiger partial charge in [0.1, 0.15) is 0 Å². The average Bonchev–Trinajstić information content (AvgIpc) is 2.97. The molecule has 0 bridgehead atoms. The Morgan fingerprint density at radius 3 is 2.90 bits per heavy atom. The van der Waals surface area contributed by atoms with Crippen LogP contribution in [-0.2, 0) is 6.54 Å². The monoisotopic (exact) mass is 276 g/mol. The highest BCUT2D eigenvalue weighted by atomic mass is 16.7. The molecule has 0 saturated carbocycles. The number of para-hydroxylation sites is 1. The average molecular weight is 276 g/mol. The molecule has 1 aromatic carbocycles. The van der Waals surface area contributed by atoms with Crippen molar-refractivity contribution in [2.24, 2.45) is 0 Å². The maximum absolute atomic E-state index is 5.53. The van der Waals surface area contributed by atoms with Crippen molar-refractivity contribution in [3.05, 3.63) is 23.8 Å². The number of benzene rings is 1. The van der Waals surface area contributed by atoms with E-state index in [0.29, 0.717) is 12.8 Å². The lowest BCUT2D eigenvalue weighted by Crippen LogP contribution is -2.42. The summed E-state index contributed by atoms with van der Waals surface area (Å²) in [6.07, 6.45) is 4.09. The number of fused-ring (bicyclic) bond motifs is 1. The normalized spacial score (nSPS) is 20.1. The van der Waals surface area contributed by atoms with Crippen LogP contribution >= 0.6 is 0 Å². The van der Waals surface area contributed by atoms with Crippen molar-refractivity contribution in [3.63, 3.8) is 0 Å². The molecule has 1 unspecified atom stereocenters. The van der Waals surface area contributed by atoms with Crippen LogP contribution in [0.2, 0.25) is 0 Å². The summed E-state index contributed by atoms with van der Waals surface area (Å²) >= 11 is 0. The summed E-state index contributed by atoms with van der Waals surface area (Å²) < 4.78 is 10.9. The zero-order chi connectivity index (χ0) is 13.8. The molecule has 1 saturated heterocycles. The van der Waals surface area contributed by atoms with Crippen LogP contribution in [0.25, 0.3) is 0 Å². The number of nitrogens with zero attached hydrogens (tertiary/aromatic N) is 1. The molecule has 0 aromatic heterocycles. The van der Waals surface area contributed by atoms with Gasteiger partial charge in [0.2, 0.25) is 6.79 Å². The summed E-state index contributed by atoms with van der Waals surface area (Å²) in [4.78, 5) is 2.59. The van der Waals surface area contributed by atoms with Gasteiger partial charge in [0.05, 0.1) is 0 Å². The highest BCUT2D eigenvalue weighted by Crippen LogP contribution is 2.35. The second kappa shape index (κ2) is 6.46. The molecule has 2 heterocycles. The molecule has 0 aliphatic carbocycles. The van der Waals surface area contributed by atoms with Gasteiger partial charge in [-0.3, -0.25) is 4.90 Å². The van der Waals surface area contributed by atoms with Crippen LogP contribution < -0.4 is 14.8 Å². The van der Waals surface area contributed by atoms with Crippen molar-refractivity contribution in [2.75, 3.05) is 26.4 Å². The lowest BCUT2D eigenvalue weighted by molar-refractivity contribution is 0.169. The fraction of sp³-hybridized carbons (Fsp3) is 0.625. The summed E-state index contributed by atoms with van der Waals surface area (Å²) in [5.41, 5.74) is 1.19. The predicted molar refractivity (Wildman–Crippen MR) is 79.2 cm³/mol. The summed E-state index contributed by atoms with van der Waals surface area (Å²) in [7, 11) is 0. The molecule has 1 fully saturated rings. The number of rotatable bonds is 5. The number of nitrogens with one attached hydrogen (secondary N) is 1. The number of hydrogen-bond acceptors (Lipinski definition) is 4. The lowest BCUT2D eigenvalue weighted by Gasteiger charge is -2.32.